The molecule has 88 valence electrons. The van der Waals surface area contributed by atoms with Gasteiger partial charge < -0.3 is 9.84 Å². The summed E-state index contributed by atoms with van der Waals surface area (Å²) in [5, 5.41) is 11.1. The molecule has 1 heterocycles. The Bertz CT molecular complexity index is 558. The van der Waals surface area contributed by atoms with Crippen molar-refractivity contribution in [2.24, 2.45) is 0 Å². The second kappa shape index (κ2) is 4.59. The van der Waals surface area contributed by atoms with Crippen molar-refractivity contribution in [3.8, 4) is 16.9 Å². The molecular weight excluding hydrogens is 236 g/mol. The van der Waals surface area contributed by atoms with Crippen LogP contribution in [0.4, 0.5) is 0 Å². The molecular formula is C13H12O3S. The van der Waals surface area contributed by atoms with Gasteiger partial charge in [0, 0.05) is 10.4 Å². The highest BCUT2D eigenvalue weighted by Gasteiger charge is 2.16. The lowest BCUT2D eigenvalue weighted by Gasteiger charge is -2.10. The molecule has 0 bridgehead atoms. The third-order valence-corrected chi connectivity index (χ3v) is 3.44. The summed E-state index contributed by atoms with van der Waals surface area (Å²) in [5.74, 6) is -0.557. The Balaban J connectivity index is 2.67. The van der Waals surface area contributed by atoms with Gasteiger partial charge in [-0.15, -0.1) is 11.3 Å². The number of hydrogen-bond donors (Lipinski definition) is 1. The molecule has 0 aliphatic rings. The lowest BCUT2D eigenvalue weighted by Crippen LogP contribution is -2.01. The van der Waals surface area contributed by atoms with E-state index in [0.717, 1.165) is 16.0 Å². The van der Waals surface area contributed by atoms with Gasteiger partial charge in [-0.1, -0.05) is 12.1 Å². The molecule has 0 saturated heterocycles. The second-order valence-electron chi connectivity index (χ2n) is 3.58. The molecule has 3 nitrogen and oxygen atoms in total. The number of carbonyl (C=O) groups is 1. The van der Waals surface area contributed by atoms with E-state index in [1.165, 1.54) is 7.11 Å². The fraction of sp³-hybridized carbons (Fsp3) is 0.154. The van der Waals surface area contributed by atoms with Gasteiger partial charge in [-0.2, -0.15) is 0 Å². The van der Waals surface area contributed by atoms with Crippen molar-refractivity contribution in [1.29, 1.82) is 0 Å². The van der Waals surface area contributed by atoms with Crippen LogP contribution in [-0.2, 0) is 0 Å². The van der Waals surface area contributed by atoms with Crippen LogP contribution in [0.15, 0.2) is 29.6 Å². The van der Waals surface area contributed by atoms with E-state index in [-0.39, 0.29) is 5.56 Å². The maximum atomic E-state index is 11.1. The predicted octanol–water partition coefficient (Wildman–Crippen LogP) is 3.43. The van der Waals surface area contributed by atoms with Crippen molar-refractivity contribution in [3.63, 3.8) is 0 Å². The number of rotatable bonds is 3. The van der Waals surface area contributed by atoms with Gasteiger partial charge in [-0.05, 0) is 30.0 Å². The van der Waals surface area contributed by atoms with Crippen molar-refractivity contribution in [2.75, 3.05) is 7.11 Å². The third kappa shape index (κ3) is 2.03. The van der Waals surface area contributed by atoms with Crippen LogP contribution in [0.1, 0.15) is 15.2 Å². The Morgan fingerprint density at radius 2 is 2.06 bits per heavy atom. The standard InChI is InChI=1S/C13H12O3S/c1-8-9(6-7-17-8)10-4-3-5-11(13(14)15)12(10)16-2/h3-7H,1-2H3,(H,14,15). The number of benzene rings is 1. The average molecular weight is 248 g/mol. The highest BCUT2D eigenvalue weighted by Crippen LogP contribution is 2.36. The number of thiophene rings is 1. The molecule has 2 aromatic rings. The zero-order valence-corrected chi connectivity index (χ0v) is 10.4. The number of carboxylic acid groups (broad SMARTS) is 1. The Morgan fingerprint density at radius 3 is 2.59 bits per heavy atom. The third-order valence-electron chi connectivity index (χ3n) is 2.60. The Morgan fingerprint density at radius 1 is 1.29 bits per heavy atom. The molecule has 2 rings (SSSR count). The first-order valence-electron chi connectivity index (χ1n) is 5.10. The van der Waals surface area contributed by atoms with Crippen molar-refractivity contribution < 1.29 is 14.6 Å². The molecule has 1 N–H and O–H groups in total. The smallest absolute Gasteiger partial charge is 0.339 e. The average Bonchev–Trinajstić information content (AvgIpc) is 2.74. The van der Waals surface area contributed by atoms with Gasteiger partial charge >= 0.3 is 5.97 Å². The normalized spacial score (nSPS) is 10.2. The highest BCUT2D eigenvalue weighted by atomic mass is 32.1. The number of para-hydroxylation sites is 1. The maximum Gasteiger partial charge on any atom is 0.339 e. The summed E-state index contributed by atoms with van der Waals surface area (Å²) in [6.07, 6.45) is 0. The van der Waals surface area contributed by atoms with Crippen LogP contribution in [0.2, 0.25) is 0 Å². The lowest BCUT2D eigenvalue weighted by molar-refractivity contribution is 0.0693. The van der Waals surface area contributed by atoms with Crippen LogP contribution in [0.3, 0.4) is 0 Å². The van der Waals surface area contributed by atoms with E-state index in [0.29, 0.717) is 5.75 Å². The molecule has 0 radical (unpaired) electrons. The van der Waals surface area contributed by atoms with Crippen LogP contribution in [0, 0.1) is 6.92 Å². The monoisotopic (exact) mass is 248 g/mol. The van der Waals surface area contributed by atoms with E-state index < -0.39 is 5.97 Å². The molecule has 0 amide bonds. The van der Waals surface area contributed by atoms with Crippen molar-refractivity contribution >= 4 is 17.3 Å². The van der Waals surface area contributed by atoms with Gasteiger partial charge in [0.1, 0.15) is 11.3 Å². The Labute approximate surface area is 103 Å². The van der Waals surface area contributed by atoms with Gasteiger partial charge in [0.15, 0.2) is 0 Å². The molecule has 0 aliphatic carbocycles. The van der Waals surface area contributed by atoms with Gasteiger partial charge in [-0.25, -0.2) is 4.79 Å². The largest absolute Gasteiger partial charge is 0.495 e. The molecule has 1 aromatic carbocycles. The Kier molecular flexibility index (Phi) is 3.15. The zero-order valence-electron chi connectivity index (χ0n) is 9.56. The number of methoxy groups -OCH3 is 1. The SMILES string of the molecule is COc1c(C(=O)O)cccc1-c1ccsc1C. The first kappa shape index (κ1) is 11.7. The summed E-state index contributed by atoms with van der Waals surface area (Å²) < 4.78 is 5.24. The molecule has 0 aliphatic heterocycles. The summed E-state index contributed by atoms with van der Waals surface area (Å²) in [6.45, 7) is 2.01. The van der Waals surface area contributed by atoms with E-state index in [1.54, 1.807) is 23.5 Å². The number of carboxylic acids is 1. The molecule has 0 fully saturated rings. The van der Waals surface area contributed by atoms with E-state index in [9.17, 15) is 4.79 Å². The lowest BCUT2D eigenvalue weighted by atomic mass is 10.0. The van der Waals surface area contributed by atoms with E-state index >= 15 is 0 Å². The molecule has 0 saturated carbocycles. The molecule has 17 heavy (non-hydrogen) atoms. The fourth-order valence-corrected chi connectivity index (χ4v) is 2.52. The summed E-state index contributed by atoms with van der Waals surface area (Å²) in [7, 11) is 1.49. The first-order valence-corrected chi connectivity index (χ1v) is 5.98. The minimum absolute atomic E-state index is 0.190. The topological polar surface area (TPSA) is 46.5 Å². The van der Waals surface area contributed by atoms with Crippen LogP contribution in [-0.4, -0.2) is 18.2 Å². The summed E-state index contributed by atoms with van der Waals surface area (Å²) in [4.78, 5) is 12.3. The maximum absolute atomic E-state index is 11.1. The summed E-state index contributed by atoms with van der Waals surface area (Å²) >= 11 is 1.63. The van der Waals surface area contributed by atoms with E-state index in [1.807, 2.05) is 24.4 Å². The van der Waals surface area contributed by atoms with E-state index in [2.05, 4.69) is 0 Å². The summed E-state index contributed by atoms with van der Waals surface area (Å²) in [6, 6.07) is 7.13. The number of aromatic carboxylic acids is 1. The van der Waals surface area contributed by atoms with Crippen molar-refractivity contribution in [2.45, 2.75) is 6.92 Å². The summed E-state index contributed by atoms with van der Waals surface area (Å²) in [5.41, 5.74) is 2.04. The van der Waals surface area contributed by atoms with Gasteiger partial charge in [0.05, 0.1) is 7.11 Å². The van der Waals surface area contributed by atoms with Crippen LogP contribution in [0.5, 0.6) is 5.75 Å². The quantitative estimate of drug-likeness (QED) is 0.905. The van der Waals surface area contributed by atoms with Crippen LogP contribution >= 0.6 is 11.3 Å². The molecule has 1 aromatic heterocycles. The predicted molar refractivity (Wildman–Crippen MR) is 68.0 cm³/mol. The highest BCUT2D eigenvalue weighted by molar-refractivity contribution is 7.10. The van der Waals surface area contributed by atoms with E-state index in [4.69, 9.17) is 9.84 Å². The molecule has 4 heteroatoms. The van der Waals surface area contributed by atoms with Gasteiger partial charge in [0.2, 0.25) is 0 Å². The Hall–Kier alpha value is -1.81. The van der Waals surface area contributed by atoms with Gasteiger partial charge in [0.25, 0.3) is 0 Å². The molecule has 0 spiro atoms. The molecule has 0 unspecified atom stereocenters. The van der Waals surface area contributed by atoms with Crippen LogP contribution in [0.25, 0.3) is 11.1 Å². The van der Waals surface area contributed by atoms with Crippen molar-refractivity contribution in [3.05, 3.63) is 40.1 Å². The minimum atomic E-state index is -0.975. The minimum Gasteiger partial charge on any atom is -0.495 e. The fourth-order valence-electron chi connectivity index (χ4n) is 1.80. The number of ether oxygens (including phenoxy) is 1. The first-order chi connectivity index (χ1) is 8.15. The van der Waals surface area contributed by atoms with Crippen molar-refractivity contribution in [1.82, 2.24) is 0 Å². The number of aryl methyl sites for hydroxylation is 1. The van der Waals surface area contributed by atoms with Crippen LogP contribution < -0.4 is 4.74 Å². The number of hydrogen-bond acceptors (Lipinski definition) is 3. The molecule has 0 atom stereocenters. The van der Waals surface area contributed by atoms with Gasteiger partial charge in [-0.3, -0.25) is 0 Å². The second-order valence-corrected chi connectivity index (χ2v) is 4.70. The zero-order chi connectivity index (χ0) is 12.4.